The zero-order chi connectivity index (χ0) is 16.1. The number of ketones is 1. The number of carbonyl (C=O) groups is 2. The second-order valence-electron chi connectivity index (χ2n) is 4.40. The van der Waals surface area contributed by atoms with E-state index in [0.717, 1.165) is 0 Å². The first-order chi connectivity index (χ1) is 10.6. The van der Waals surface area contributed by atoms with Gasteiger partial charge < -0.3 is 19.6 Å². The molecule has 0 spiro atoms. The summed E-state index contributed by atoms with van der Waals surface area (Å²) >= 11 is 0. The predicted molar refractivity (Wildman–Crippen MR) is 79.4 cm³/mol. The Labute approximate surface area is 127 Å². The van der Waals surface area contributed by atoms with Crippen molar-refractivity contribution in [2.75, 3.05) is 20.3 Å². The molecule has 1 aliphatic heterocycles. The fraction of sp³-hybridized carbons (Fsp3) is 0.250. The topological polar surface area (TPSA) is 84.1 Å². The number of benzene rings is 1. The van der Waals surface area contributed by atoms with Gasteiger partial charge in [0.25, 0.3) is 0 Å². The summed E-state index contributed by atoms with van der Waals surface area (Å²) in [6.45, 7) is 1.77. The Hall–Kier alpha value is -2.85. The molecule has 0 saturated carbocycles. The van der Waals surface area contributed by atoms with E-state index in [9.17, 15) is 9.59 Å². The molecule has 1 aromatic rings. The lowest BCUT2D eigenvalue weighted by molar-refractivity contribution is -0.137. The van der Waals surface area contributed by atoms with Crippen molar-refractivity contribution >= 4 is 17.6 Å². The molecule has 0 aliphatic carbocycles. The Morgan fingerprint density at radius 2 is 2.27 bits per heavy atom. The third kappa shape index (κ3) is 3.07. The zero-order valence-corrected chi connectivity index (χ0v) is 12.2. The molecule has 6 nitrogen and oxygen atoms in total. The van der Waals surface area contributed by atoms with Crippen LogP contribution >= 0.6 is 0 Å². The fourth-order valence-electron chi connectivity index (χ4n) is 1.96. The average Bonchev–Trinajstić information content (AvgIpc) is 2.54. The van der Waals surface area contributed by atoms with Gasteiger partial charge in [-0.25, -0.2) is 4.79 Å². The molecular weight excluding hydrogens is 286 g/mol. The minimum absolute atomic E-state index is 0.0242. The molecule has 0 unspecified atom stereocenters. The lowest BCUT2D eigenvalue weighted by Crippen LogP contribution is -2.20. The molecule has 0 bridgehead atoms. The molecule has 114 valence electrons. The predicted octanol–water partition coefficient (Wildman–Crippen LogP) is 1.93. The fourth-order valence-corrected chi connectivity index (χ4v) is 1.96. The van der Waals surface area contributed by atoms with E-state index in [2.05, 4.69) is 0 Å². The molecule has 0 N–H and O–H groups in total. The van der Waals surface area contributed by atoms with Crippen LogP contribution in [0.4, 0.5) is 0 Å². The summed E-state index contributed by atoms with van der Waals surface area (Å²) in [4.78, 5) is 24.0. The number of methoxy groups -OCH3 is 1. The van der Waals surface area contributed by atoms with Crippen LogP contribution in [0.1, 0.15) is 17.3 Å². The van der Waals surface area contributed by atoms with E-state index in [0.29, 0.717) is 17.1 Å². The Morgan fingerprint density at radius 3 is 2.91 bits per heavy atom. The SMILES string of the molecule is CCOC(=O)C(=C=[N-])/C=C1/COc2cc(OC)ccc2C1=O. The first-order valence-corrected chi connectivity index (χ1v) is 6.61. The van der Waals surface area contributed by atoms with Crippen molar-refractivity contribution in [3.05, 3.63) is 46.4 Å². The summed E-state index contributed by atoms with van der Waals surface area (Å²) in [5.74, 6) is 1.68. The van der Waals surface area contributed by atoms with Crippen LogP contribution in [0.2, 0.25) is 0 Å². The highest BCUT2D eigenvalue weighted by atomic mass is 16.5. The van der Waals surface area contributed by atoms with Crippen LogP contribution in [0.15, 0.2) is 35.4 Å². The van der Waals surface area contributed by atoms with Crippen molar-refractivity contribution in [3.63, 3.8) is 0 Å². The molecule has 0 amide bonds. The molecule has 2 rings (SSSR count). The number of carbonyl (C=O) groups excluding carboxylic acids is 2. The number of nitrogens with zero attached hydrogens (tertiary/aromatic N) is 1. The van der Waals surface area contributed by atoms with Crippen LogP contribution in [-0.2, 0) is 9.53 Å². The molecule has 0 aromatic heterocycles. The minimum Gasteiger partial charge on any atom is -0.763 e. The Bertz CT molecular complexity index is 698. The summed E-state index contributed by atoms with van der Waals surface area (Å²) in [6.07, 6.45) is 1.22. The van der Waals surface area contributed by atoms with Crippen molar-refractivity contribution in [3.8, 4) is 11.5 Å². The maximum atomic E-state index is 12.4. The second kappa shape index (κ2) is 6.74. The van der Waals surface area contributed by atoms with Gasteiger partial charge in [0, 0.05) is 11.6 Å². The van der Waals surface area contributed by atoms with Crippen LogP contribution in [0, 0.1) is 0 Å². The molecule has 1 aromatic carbocycles. The highest BCUT2D eigenvalue weighted by Crippen LogP contribution is 2.31. The van der Waals surface area contributed by atoms with Gasteiger partial charge in [-0.3, -0.25) is 10.7 Å². The molecule has 22 heavy (non-hydrogen) atoms. The monoisotopic (exact) mass is 300 g/mol. The molecule has 0 saturated heterocycles. The maximum absolute atomic E-state index is 12.4. The van der Waals surface area contributed by atoms with Crippen LogP contribution < -0.4 is 9.47 Å². The van der Waals surface area contributed by atoms with Crippen molar-refractivity contribution < 1.29 is 23.8 Å². The van der Waals surface area contributed by atoms with Gasteiger partial charge in [0.2, 0.25) is 0 Å². The standard InChI is InChI=1S/C16H14NO5/c1-3-21-16(19)10(8-17)6-11-9-22-14-7-12(20-2)4-5-13(14)15(11)18/h4-7H,3,9H2,1-2H3/q-1/b11-6-. The number of Topliss-reactive ketones (excluding diaryl/α,β-unsaturated/α-hetero) is 1. The summed E-state index contributed by atoms with van der Waals surface area (Å²) in [7, 11) is 1.52. The highest BCUT2D eigenvalue weighted by Gasteiger charge is 2.24. The van der Waals surface area contributed by atoms with Gasteiger partial charge in [0.15, 0.2) is 5.78 Å². The Balaban J connectivity index is 2.32. The first-order valence-electron chi connectivity index (χ1n) is 6.61. The van der Waals surface area contributed by atoms with E-state index in [1.807, 2.05) is 0 Å². The number of hydrogen-bond donors (Lipinski definition) is 0. The lowest BCUT2D eigenvalue weighted by Gasteiger charge is -2.19. The Kier molecular flexibility index (Phi) is 4.76. The number of rotatable bonds is 4. The van der Waals surface area contributed by atoms with E-state index >= 15 is 0 Å². The van der Waals surface area contributed by atoms with Gasteiger partial charge in [-0.1, -0.05) is 0 Å². The largest absolute Gasteiger partial charge is 0.763 e. The van der Waals surface area contributed by atoms with Crippen molar-refractivity contribution in [2.45, 2.75) is 6.92 Å². The third-order valence-corrected chi connectivity index (χ3v) is 3.04. The molecule has 1 aliphatic rings. The maximum Gasteiger partial charge on any atom is 0.344 e. The molecule has 0 atom stereocenters. The van der Waals surface area contributed by atoms with E-state index in [4.69, 9.17) is 19.6 Å². The van der Waals surface area contributed by atoms with Crippen LogP contribution in [0.3, 0.4) is 0 Å². The zero-order valence-electron chi connectivity index (χ0n) is 12.2. The van der Waals surface area contributed by atoms with Gasteiger partial charge in [-0.05, 0) is 25.1 Å². The normalized spacial score (nSPS) is 14.6. The summed E-state index contributed by atoms with van der Waals surface area (Å²) in [5.41, 5.74) is 0.354. The summed E-state index contributed by atoms with van der Waals surface area (Å²) in [6, 6.07) is 4.84. The third-order valence-electron chi connectivity index (χ3n) is 3.04. The number of ether oxygens (including phenoxy) is 3. The van der Waals surface area contributed by atoms with E-state index in [1.54, 1.807) is 31.0 Å². The number of fused-ring (bicyclic) bond motifs is 1. The van der Waals surface area contributed by atoms with Crippen LogP contribution in [0.25, 0.3) is 5.41 Å². The van der Waals surface area contributed by atoms with Gasteiger partial charge in [0.05, 0.1) is 24.9 Å². The molecule has 0 radical (unpaired) electrons. The van der Waals surface area contributed by atoms with E-state index in [-0.39, 0.29) is 30.1 Å². The molecule has 1 heterocycles. The van der Waals surface area contributed by atoms with E-state index in [1.165, 1.54) is 13.2 Å². The van der Waals surface area contributed by atoms with E-state index < -0.39 is 5.97 Å². The first kappa shape index (κ1) is 15.5. The summed E-state index contributed by atoms with van der Waals surface area (Å²) in [5, 5.41) is 9.00. The second-order valence-corrected chi connectivity index (χ2v) is 4.40. The van der Waals surface area contributed by atoms with Crippen LogP contribution in [-0.4, -0.2) is 37.9 Å². The van der Waals surface area contributed by atoms with Gasteiger partial charge in [-0.15, -0.1) is 0 Å². The van der Waals surface area contributed by atoms with Crippen molar-refractivity contribution in [2.24, 2.45) is 0 Å². The lowest BCUT2D eigenvalue weighted by atomic mass is 9.98. The smallest absolute Gasteiger partial charge is 0.344 e. The molecule has 0 fully saturated rings. The van der Waals surface area contributed by atoms with Gasteiger partial charge in [0.1, 0.15) is 18.1 Å². The quantitative estimate of drug-likeness (QED) is 0.482. The number of esters is 1. The number of hydrogen-bond acceptors (Lipinski definition) is 5. The molecular formula is C16H14NO5-. The highest BCUT2D eigenvalue weighted by molar-refractivity contribution is 6.13. The molecule has 6 heteroatoms. The summed E-state index contributed by atoms with van der Waals surface area (Å²) < 4.78 is 15.3. The van der Waals surface area contributed by atoms with Gasteiger partial charge >= 0.3 is 5.97 Å². The van der Waals surface area contributed by atoms with Crippen LogP contribution in [0.5, 0.6) is 11.5 Å². The average molecular weight is 300 g/mol. The Morgan fingerprint density at radius 1 is 1.50 bits per heavy atom. The van der Waals surface area contributed by atoms with Crippen molar-refractivity contribution in [1.29, 1.82) is 0 Å². The van der Waals surface area contributed by atoms with Gasteiger partial charge in [-0.2, -0.15) is 0 Å². The minimum atomic E-state index is -0.758. The van der Waals surface area contributed by atoms with Crippen molar-refractivity contribution in [1.82, 2.24) is 0 Å².